The fourth-order valence-electron chi connectivity index (χ4n) is 1.34. The number of carbonyl (C=O) groups excluding carboxylic acids is 1. The Morgan fingerprint density at radius 3 is 2.25 bits per heavy atom. The zero-order chi connectivity index (χ0) is 12.4. The Labute approximate surface area is 93.6 Å². The van der Waals surface area contributed by atoms with Gasteiger partial charge in [-0.15, -0.1) is 0 Å². The predicted octanol–water partition coefficient (Wildman–Crippen LogP) is 0.611. The molecular formula is C10H17NO5. The molecule has 1 amide bonds. The summed E-state index contributed by atoms with van der Waals surface area (Å²) in [5, 5.41) is 19.3. The maximum Gasteiger partial charge on any atom is 0.326 e. The Hall–Kier alpha value is -1.59. The minimum absolute atomic E-state index is 0.148. The highest BCUT2D eigenvalue weighted by atomic mass is 16.4. The van der Waals surface area contributed by atoms with Gasteiger partial charge in [-0.05, 0) is 12.8 Å². The molecule has 92 valence electrons. The molecule has 0 spiro atoms. The van der Waals surface area contributed by atoms with Gasteiger partial charge in [0, 0.05) is 6.42 Å². The molecule has 0 fully saturated rings. The van der Waals surface area contributed by atoms with E-state index in [2.05, 4.69) is 5.32 Å². The maximum absolute atomic E-state index is 10.6. The van der Waals surface area contributed by atoms with Crippen LogP contribution in [0, 0.1) is 0 Å². The molecule has 0 aliphatic carbocycles. The Kier molecular flexibility index (Phi) is 7.83. The lowest BCUT2D eigenvalue weighted by Gasteiger charge is -2.10. The number of hydrogen-bond donors (Lipinski definition) is 3. The molecule has 0 bridgehead atoms. The average Bonchev–Trinajstić information content (AvgIpc) is 2.20. The number of carboxylic acid groups (broad SMARTS) is 2. The summed E-state index contributed by atoms with van der Waals surface area (Å²) in [6.07, 6.45) is 3.71. The Morgan fingerprint density at radius 2 is 1.75 bits per heavy atom. The standard InChI is InChI=1S/C10H17NO5/c12-7-11-8(10(15)16)5-3-1-2-4-6-9(13)14/h7-8H,1-6H2,(H,11,12)(H,13,14)(H,15,16). The minimum Gasteiger partial charge on any atom is -0.481 e. The second kappa shape index (κ2) is 8.70. The summed E-state index contributed by atoms with van der Waals surface area (Å²) in [6, 6.07) is -0.836. The van der Waals surface area contributed by atoms with E-state index in [1.807, 2.05) is 0 Å². The molecule has 6 heteroatoms. The van der Waals surface area contributed by atoms with Crippen molar-refractivity contribution in [3.63, 3.8) is 0 Å². The zero-order valence-electron chi connectivity index (χ0n) is 9.02. The first-order valence-corrected chi connectivity index (χ1v) is 5.22. The first-order chi connectivity index (χ1) is 7.57. The number of aliphatic carboxylic acids is 2. The SMILES string of the molecule is O=CNC(CCCCCCC(=O)O)C(=O)O. The van der Waals surface area contributed by atoms with Crippen molar-refractivity contribution in [3.8, 4) is 0 Å². The van der Waals surface area contributed by atoms with Crippen molar-refractivity contribution in [3.05, 3.63) is 0 Å². The third-order valence-electron chi connectivity index (χ3n) is 2.20. The molecule has 3 N–H and O–H groups in total. The van der Waals surface area contributed by atoms with E-state index in [1.54, 1.807) is 0 Å². The van der Waals surface area contributed by atoms with Gasteiger partial charge in [-0.2, -0.15) is 0 Å². The van der Waals surface area contributed by atoms with Crippen LogP contribution in [0.5, 0.6) is 0 Å². The van der Waals surface area contributed by atoms with Gasteiger partial charge in [0.25, 0.3) is 0 Å². The van der Waals surface area contributed by atoms with E-state index in [1.165, 1.54) is 0 Å². The molecule has 1 unspecified atom stereocenters. The van der Waals surface area contributed by atoms with Crippen molar-refractivity contribution in [2.75, 3.05) is 0 Å². The van der Waals surface area contributed by atoms with E-state index in [9.17, 15) is 14.4 Å². The molecule has 0 aliphatic rings. The van der Waals surface area contributed by atoms with Gasteiger partial charge in [-0.25, -0.2) is 4.79 Å². The average molecular weight is 231 g/mol. The zero-order valence-corrected chi connectivity index (χ0v) is 9.02. The number of carbonyl (C=O) groups is 3. The summed E-state index contributed by atoms with van der Waals surface area (Å²) in [5.41, 5.74) is 0. The van der Waals surface area contributed by atoms with Gasteiger partial charge >= 0.3 is 11.9 Å². The normalized spacial score (nSPS) is 11.8. The Morgan fingerprint density at radius 1 is 1.12 bits per heavy atom. The van der Waals surface area contributed by atoms with Crippen molar-refractivity contribution in [2.24, 2.45) is 0 Å². The first-order valence-electron chi connectivity index (χ1n) is 5.22. The molecule has 0 aliphatic heterocycles. The van der Waals surface area contributed by atoms with Gasteiger partial charge in [0.2, 0.25) is 6.41 Å². The molecule has 0 heterocycles. The van der Waals surface area contributed by atoms with Gasteiger partial charge < -0.3 is 15.5 Å². The van der Waals surface area contributed by atoms with Gasteiger partial charge in [0.1, 0.15) is 6.04 Å². The molecule has 1 atom stereocenters. The van der Waals surface area contributed by atoms with Crippen molar-refractivity contribution >= 4 is 18.3 Å². The highest BCUT2D eigenvalue weighted by Crippen LogP contribution is 2.07. The number of unbranched alkanes of at least 4 members (excludes halogenated alkanes) is 3. The summed E-state index contributed by atoms with van der Waals surface area (Å²) in [5.74, 6) is -1.86. The second-order valence-corrected chi connectivity index (χ2v) is 3.52. The van der Waals surface area contributed by atoms with Crippen molar-refractivity contribution in [1.29, 1.82) is 0 Å². The fourth-order valence-corrected chi connectivity index (χ4v) is 1.34. The van der Waals surface area contributed by atoms with Crippen molar-refractivity contribution in [2.45, 2.75) is 44.6 Å². The monoisotopic (exact) mass is 231 g/mol. The molecule has 0 rings (SSSR count). The first kappa shape index (κ1) is 14.4. The highest BCUT2D eigenvalue weighted by Gasteiger charge is 2.14. The van der Waals surface area contributed by atoms with Crippen molar-refractivity contribution < 1.29 is 24.6 Å². The van der Waals surface area contributed by atoms with Crippen LogP contribution in [0.3, 0.4) is 0 Å². The summed E-state index contributed by atoms with van der Waals surface area (Å²) >= 11 is 0. The van der Waals surface area contributed by atoms with Gasteiger partial charge in [-0.3, -0.25) is 9.59 Å². The maximum atomic E-state index is 10.6. The quantitative estimate of drug-likeness (QED) is 0.377. The lowest BCUT2D eigenvalue weighted by Crippen LogP contribution is -2.35. The topological polar surface area (TPSA) is 104 Å². The van der Waals surface area contributed by atoms with Gasteiger partial charge in [0.15, 0.2) is 0 Å². The summed E-state index contributed by atoms with van der Waals surface area (Å²) < 4.78 is 0. The lowest BCUT2D eigenvalue weighted by molar-refractivity contribution is -0.140. The smallest absolute Gasteiger partial charge is 0.326 e. The summed E-state index contributed by atoms with van der Waals surface area (Å²) in [7, 11) is 0. The van der Waals surface area contributed by atoms with Crippen LogP contribution >= 0.6 is 0 Å². The molecule has 0 aromatic heterocycles. The van der Waals surface area contributed by atoms with Gasteiger partial charge in [0.05, 0.1) is 0 Å². The number of nitrogens with one attached hydrogen (secondary N) is 1. The Bertz CT molecular complexity index is 241. The fraction of sp³-hybridized carbons (Fsp3) is 0.700. The highest BCUT2D eigenvalue weighted by molar-refractivity contribution is 5.76. The minimum atomic E-state index is -1.04. The number of rotatable bonds is 10. The number of hydrogen-bond acceptors (Lipinski definition) is 3. The molecule has 0 aromatic carbocycles. The van der Waals surface area contributed by atoms with Crippen molar-refractivity contribution in [1.82, 2.24) is 5.32 Å². The predicted molar refractivity (Wildman–Crippen MR) is 56.0 cm³/mol. The van der Waals surface area contributed by atoms with Crippen LogP contribution in [0.1, 0.15) is 38.5 Å². The largest absolute Gasteiger partial charge is 0.481 e. The van der Waals surface area contributed by atoms with Gasteiger partial charge in [-0.1, -0.05) is 19.3 Å². The van der Waals surface area contributed by atoms with Crippen LogP contribution in [0.2, 0.25) is 0 Å². The van der Waals surface area contributed by atoms with E-state index in [0.29, 0.717) is 25.7 Å². The lowest BCUT2D eigenvalue weighted by atomic mass is 10.1. The molecule has 6 nitrogen and oxygen atoms in total. The van der Waals surface area contributed by atoms with E-state index in [-0.39, 0.29) is 6.42 Å². The van der Waals surface area contributed by atoms with Crippen LogP contribution in [-0.2, 0) is 14.4 Å². The van der Waals surface area contributed by atoms with E-state index >= 15 is 0 Å². The van der Waals surface area contributed by atoms with E-state index < -0.39 is 18.0 Å². The molecule has 0 saturated carbocycles. The van der Waals surface area contributed by atoms with E-state index in [0.717, 1.165) is 12.8 Å². The van der Waals surface area contributed by atoms with E-state index in [4.69, 9.17) is 10.2 Å². The van der Waals surface area contributed by atoms with Crippen LogP contribution in [0.4, 0.5) is 0 Å². The van der Waals surface area contributed by atoms with Crippen LogP contribution in [0.25, 0.3) is 0 Å². The number of carboxylic acids is 2. The van der Waals surface area contributed by atoms with Crippen LogP contribution in [0.15, 0.2) is 0 Å². The van der Waals surface area contributed by atoms with Crippen LogP contribution in [-0.4, -0.2) is 34.6 Å². The molecular weight excluding hydrogens is 214 g/mol. The molecule has 0 aromatic rings. The second-order valence-electron chi connectivity index (χ2n) is 3.52. The molecule has 0 saturated heterocycles. The number of amides is 1. The Balaban J connectivity index is 3.51. The van der Waals surface area contributed by atoms with Crippen LogP contribution < -0.4 is 5.32 Å². The third kappa shape index (κ3) is 7.78. The third-order valence-corrected chi connectivity index (χ3v) is 2.20. The summed E-state index contributed by atoms with van der Waals surface area (Å²) in [4.78, 5) is 30.9. The molecule has 0 radical (unpaired) electrons. The summed E-state index contributed by atoms with van der Waals surface area (Å²) in [6.45, 7) is 0. The molecule has 16 heavy (non-hydrogen) atoms.